The van der Waals surface area contributed by atoms with Crippen LogP contribution in [0.2, 0.25) is 0 Å². The van der Waals surface area contributed by atoms with Crippen LogP contribution < -0.4 is 10.5 Å². The number of ether oxygens (including phenoxy) is 1. The van der Waals surface area contributed by atoms with Crippen LogP contribution in [0, 0.1) is 0 Å². The van der Waals surface area contributed by atoms with Crippen molar-refractivity contribution in [1.82, 2.24) is 0 Å². The quantitative estimate of drug-likeness (QED) is 0.714. The summed E-state index contributed by atoms with van der Waals surface area (Å²) in [6.45, 7) is 2.83. The van der Waals surface area contributed by atoms with Crippen LogP contribution in [-0.2, 0) is 4.79 Å². The standard InChI is InChI=1S/C13H19NO3/c1-2-3-4-9-17-11-7-5-10(6-8-11)12(14)13(15)16/h5-8,12H,2-4,9,14H2,1H3,(H,15,16). The molecular weight excluding hydrogens is 218 g/mol. The van der Waals surface area contributed by atoms with Gasteiger partial charge in [-0.05, 0) is 24.1 Å². The summed E-state index contributed by atoms with van der Waals surface area (Å²) in [5.74, 6) is -0.274. The molecule has 0 aliphatic heterocycles. The molecular formula is C13H19NO3. The van der Waals surface area contributed by atoms with Gasteiger partial charge in [0.1, 0.15) is 11.8 Å². The van der Waals surface area contributed by atoms with E-state index < -0.39 is 12.0 Å². The highest BCUT2D eigenvalue weighted by Gasteiger charge is 2.13. The number of hydrogen-bond acceptors (Lipinski definition) is 3. The fourth-order valence-electron chi connectivity index (χ4n) is 1.46. The number of nitrogens with two attached hydrogens (primary N) is 1. The van der Waals surface area contributed by atoms with Crippen molar-refractivity contribution in [2.45, 2.75) is 32.2 Å². The largest absolute Gasteiger partial charge is 0.494 e. The van der Waals surface area contributed by atoms with Crippen molar-refractivity contribution in [3.8, 4) is 5.75 Å². The van der Waals surface area contributed by atoms with Gasteiger partial charge < -0.3 is 15.6 Å². The molecule has 0 aromatic heterocycles. The molecule has 0 heterocycles. The fraction of sp³-hybridized carbons (Fsp3) is 0.462. The van der Waals surface area contributed by atoms with Gasteiger partial charge in [0, 0.05) is 0 Å². The molecule has 94 valence electrons. The van der Waals surface area contributed by atoms with E-state index in [4.69, 9.17) is 15.6 Å². The molecule has 3 N–H and O–H groups in total. The third-order valence-corrected chi connectivity index (χ3v) is 2.52. The summed E-state index contributed by atoms with van der Waals surface area (Å²) >= 11 is 0. The molecule has 1 aromatic rings. The monoisotopic (exact) mass is 237 g/mol. The molecule has 0 amide bonds. The summed E-state index contributed by atoms with van der Waals surface area (Å²) in [4.78, 5) is 10.7. The van der Waals surface area contributed by atoms with E-state index in [1.54, 1.807) is 24.3 Å². The molecule has 1 atom stereocenters. The molecule has 0 aliphatic rings. The molecule has 0 spiro atoms. The third-order valence-electron chi connectivity index (χ3n) is 2.52. The minimum atomic E-state index is -1.03. The van der Waals surface area contributed by atoms with Crippen molar-refractivity contribution in [1.29, 1.82) is 0 Å². The number of unbranched alkanes of at least 4 members (excludes halogenated alkanes) is 2. The molecule has 0 radical (unpaired) electrons. The second-order valence-corrected chi connectivity index (χ2v) is 3.94. The van der Waals surface area contributed by atoms with Crippen molar-refractivity contribution in [3.05, 3.63) is 29.8 Å². The Labute approximate surface area is 101 Å². The highest BCUT2D eigenvalue weighted by atomic mass is 16.5. The Morgan fingerprint density at radius 1 is 1.35 bits per heavy atom. The summed E-state index contributed by atoms with van der Waals surface area (Å²) in [7, 11) is 0. The molecule has 1 unspecified atom stereocenters. The number of carboxylic acids is 1. The van der Waals surface area contributed by atoms with E-state index in [1.165, 1.54) is 0 Å². The Morgan fingerprint density at radius 2 is 2.00 bits per heavy atom. The molecule has 0 bridgehead atoms. The zero-order valence-electron chi connectivity index (χ0n) is 10.1. The van der Waals surface area contributed by atoms with Crippen LogP contribution in [0.1, 0.15) is 37.8 Å². The molecule has 1 aromatic carbocycles. The van der Waals surface area contributed by atoms with Gasteiger partial charge in [-0.1, -0.05) is 31.9 Å². The van der Waals surface area contributed by atoms with Gasteiger partial charge in [0.2, 0.25) is 0 Å². The average Bonchev–Trinajstić information content (AvgIpc) is 2.34. The molecule has 1 rings (SSSR count). The minimum absolute atomic E-state index is 0.582. The normalized spacial score (nSPS) is 12.1. The Balaban J connectivity index is 2.47. The molecule has 0 saturated heterocycles. The molecule has 0 aliphatic carbocycles. The van der Waals surface area contributed by atoms with E-state index in [2.05, 4.69) is 6.92 Å². The van der Waals surface area contributed by atoms with Gasteiger partial charge in [-0.15, -0.1) is 0 Å². The lowest BCUT2D eigenvalue weighted by Crippen LogP contribution is -2.20. The maximum absolute atomic E-state index is 10.7. The van der Waals surface area contributed by atoms with E-state index in [0.29, 0.717) is 12.2 Å². The van der Waals surface area contributed by atoms with Gasteiger partial charge >= 0.3 is 5.97 Å². The van der Waals surface area contributed by atoms with Crippen molar-refractivity contribution in [3.63, 3.8) is 0 Å². The third kappa shape index (κ3) is 4.44. The zero-order valence-corrected chi connectivity index (χ0v) is 10.1. The van der Waals surface area contributed by atoms with Crippen LogP contribution >= 0.6 is 0 Å². The Morgan fingerprint density at radius 3 is 2.53 bits per heavy atom. The maximum atomic E-state index is 10.7. The second kappa shape index (κ2) is 6.91. The topological polar surface area (TPSA) is 72.5 Å². The zero-order chi connectivity index (χ0) is 12.7. The Bertz CT molecular complexity index is 348. The number of rotatable bonds is 7. The van der Waals surface area contributed by atoms with Gasteiger partial charge in [-0.2, -0.15) is 0 Å². The average molecular weight is 237 g/mol. The van der Waals surface area contributed by atoms with Gasteiger partial charge in [0.05, 0.1) is 6.61 Å². The second-order valence-electron chi connectivity index (χ2n) is 3.94. The van der Waals surface area contributed by atoms with Gasteiger partial charge in [0.15, 0.2) is 0 Å². The highest BCUT2D eigenvalue weighted by Crippen LogP contribution is 2.16. The lowest BCUT2D eigenvalue weighted by molar-refractivity contribution is -0.138. The van der Waals surface area contributed by atoms with Crippen LogP contribution in [0.5, 0.6) is 5.75 Å². The van der Waals surface area contributed by atoms with Crippen molar-refractivity contribution in [2.24, 2.45) is 5.73 Å². The number of aliphatic carboxylic acids is 1. The van der Waals surface area contributed by atoms with E-state index >= 15 is 0 Å². The fourth-order valence-corrected chi connectivity index (χ4v) is 1.46. The van der Waals surface area contributed by atoms with Gasteiger partial charge in [-0.3, -0.25) is 4.79 Å². The summed E-state index contributed by atoms with van der Waals surface area (Å²) in [5, 5.41) is 8.75. The van der Waals surface area contributed by atoms with Crippen molar-refractivity contribution in [2.75, 3.05) is 6.61 Å². The van der Waals surface area contributed by atoms with Crippen LogP contribution in [0.25, 0.3) is 0 Å². The van der Waals surface area contributed by atoms with Crippen molar-refractivity contribution >= 4 is 5.97 Å². The number of carbonyl (C=O) groups is 1. The predicted molar refractivity (Wildman–Crippen MR) is 66.0 cm³/mol. The van der Waals surface area contributed by atoms with E-state index in [-0.39, 0.29) is 0 Å². The maximum Gasteiger partial charge on any atom is 0.325 e. The molecule has 4 nitrogen and oxygen atoms in total. The summed E-state index contributed by atoms with van der Waals surface area (Å²) in [6, 6.07) is 5.92. The van der Waals surface area contributed by atoms with Crippen LogP contribution in [0.4, 0.5) is 0 Å². The van der Waals surface area contributed by atoms with Crippen LogP contribution in [0.3, 0.4) is 0 Å². The van der Waals surface area contributed by atoms with E-state index in [1.807, 2.05) is 0 Å². The van der Waals surface area contributed by atoms with Crippen molar-refractivity contribution < 1.29 is 14.6 Å². The molecule has 17 heavy (non-hydrogen) atoms. The first-order valence-corrected chi connectivity index (χ1v) is 5.86. The Kier molecular flexibility index (Phi) is 5.49. The smallest absolute Gasteiger partial charge is 0.325 e. The van der Waals surface area contributed by atoms with E-state index in [9.17, 15) is 4.79 Å². The SMILES string of the molecule is CCCCCOc1ccc(C(N)C(=O)O)cc1. The Hall–Kier alpha value is -1.55. The van der Waals surface area contributed by atoms with Gasteiger partial charge in [0.25, 0.3) is 0 Å². The van der Waals surface area contributed by atoms with E-state index in [0.717, 1.165) is 25.0 Å². The molecule has 4 heteroatoms. The predicted octanol–water partition coefficient (Wildman–Crippen LogP) is 2.34. The summed E-state index contributed by atoms with van der Waals surface area (Å²) in [6.07, 6.45) is 3.35. The minimum Gasteiger partial charge on any atom is -0.494 e. The number of carboxylic acid groups (broad SMARTS) is 1. The molecule has 0 saturated carbocycles. The van der Waals surface area contributed by atoms with Gasteiger partial charge in [-0.25, -0.2) is 0 Å². The first-order chi connectivity index (χ1) is 8.15. The van der Waals surface area contributed by atoms with Crippen LogP contribution in [0.15, 0.2) is 24.3 Å². The first kappa shape index (κ1) is 13.5. The lowest BCUT2D eigenvalue weighted by atomic mass is 10.1. The molecule has 0 fully saturated rings. The summed E-state index contributed by atoms with van der Waals surface area (Å²) in [5.41, 5.74) is 6.07. The summed E-state index contributed by atoms with van der Waals surface area (Å²) < 4.78 is 5.52. The highest BCUT2D eigenvalue weighted by molar-refractivity contribution is 5.75. The first-order valence-electron chi connectivity index (χ1n) is 5.86. The number of hydrogen-bond donors (Lipinski definition) is 2. The number of benzene rings is 1. The van der Waals surface area contributed by atoms with Crippen LogP contribution in [-0.4, -0.2) is 17.7 Å². The lowest BCUT2D eigenvalue weighted by Gasteiger charge is -2.09.